The molecule has 0 fully saturated rings. The van der Waals surface area contributed by atoms with E-state index in [9.17, 15) is 4.79 Å². The van der Waals surface area contributed by atoms with Gasteiger partial charge in [0, 0.05) is 6.08 Å². The van der Waals surface area contributed by atoms with Crippen LogP contribution >= 0.6 is 22.6 Å². The van der Waals surface area contributed by atoms with Crippen LogP contribution < -0.4 is 0 Å². The first-order chi connectivity index (χ1) is 6.16. The summed E-state index contributed by atoms with van der Waals surface area (Å²) in [6.07, 6.45) is 7.97. The second-order valence-corrected chi connectivity index (χ2v) is 4.65. The number of hydrogen-bond donors (Lipinski definition) is 0. The third kappa shape index (κ3) is 3.67. The maximum Gasteiger partial charge on any atom is 0.331 e. The molecule has 0 aromatic rings. The van der Waals surface area contributed by atoms with Crippen molar-refractivity contribution in [2.45, 2.75) is 38.2 Å². The molecule has 1 unspecified atom stereocenters. The van der Waals surface area contributed by atoms with Gasteiger partial charge in [0.2, 0.25) is 0 Å². The van der Waals surface area contributed by atoms with Gasteiger partial charge < -0.3 is 4.74 Å². The van der Waals surface area contributed by atoms with Crippen LogP contribution in [0.5, 0.6) is 0 Å². The first kappa shape index (κ1) is 11.0. The van der Waals surface area contributed by atoms with Crippen molar-refractivity contribution in [1.82, 2.24) is 0 Å². The molecule has 13 heavy (non-hydrogen) atoms. The van der Waals surface area contributed by atoms with Crippen molar-refractivity contribution in [1.29, 1.82) is 0 Å². The zero-order chi connectivity index (χ0) is 9.73. The van der Waals surface area contributed by atoms with Gasteiger partial charge in [0.15, 0.2) is 0 Å². The summed E-state index contributed by atoms with van der Waals surface area (Å²) in [5.41, 5.74) is -0.317. The highest BCUT2D eigenvalue weighted by molar-refractivity contribution is 14.1. The van der Waals surface area contributed by atoms with E-state index in [0.29, 0.717) is 0 Å². The maximum atomic E-state index is 10.8. The van der Waals surface area contributed by atoms with Crippen LogP contribution in [-0.4, -0.2) is 16.0 Å². The van der Waals surface area contributed by atoms with E-state index in [-0.39, 0.29) is 11.6 Å². The number of esters is 1. The Morgan fingerprint density at radius 3 is 2.77 bits per heavy atom. The van der Waals surface area contributed by atoms with Crippen molar-refractivity contribution in [2.75, 3.05) is 4.43 Å². The van der Waals surface area contributed by atoms with Crippen molar-refractivity contribution in [3.63, 3.8) is 0 Å². The van der Waals surface area contributed by atoms with Gasteiger partial charge in [-0.2, -0.15) is 0 Å². The smallest absolute Gasteiger partial charge is 0.331 e. The van der Waals surface area contributed by atoms with E-state index in [1.165, 1.54) is 23.3 Å². The summed E-state index contributed by atoms with van der Waals surface area (Å²) >= 11 is 2.38. The average Bonchev–Trinajstić information content (AvgIpc) is 2.41. The lowest BCUT2D eigenvalue weighted by atomic mass is 9.99. The van der Waals surface area contributed by atoms with Crippen molar-refractivity contribution in [3.8, 4) is 0 Å². The lowest BCUT2D eigenvalue weighted by Crippen LogP contribution is -2.23. The maximum absolute atomic E-state index is 10.8. The van der Waals surface area contributed by atoms with E-state index in [4.69, 9.17) is 4.74 Å². The molecule has 0 N–H and O–H groups in total. The molecule has 0 aromatic heterocycles. The summed E-state index contributed by atoms with van der Waals surface area (Å²) in [5.74, 6) is -0.198. The molecule has 1 heterocycles. The SMILES string of the molecule is CC1(CCCCCI)C=CC(=O)O1. The Balaban J connectivity index is 2.21. The molecule has 0 saturated carbocycles. The zero-order valence-corrected chi connectivity index (χ0v) is 10.0. The van der Waals surface area contributed by atoms with E-state index in [1.807, 2.05) is 13.0 Å². The highest BCUT2D eigenvalue weighted by atomic mass is 127. The average molecular weight is 294 g/mol. The largest absolute Gasteiger partial charge is 0.452 e. The summed E-state index contributed by atoms with van der Waals surface area (Å²) in [6, 6.07) is 0. The van der Waals surface area contributed by atoms with Crippen LogP contribution in [0.3, 0.4) is 0 Å². The van der Waals surface area contributed by atoms with Crippen LogP contribution in [0.2, 0.25) is 0 Å². The molecule has 0 bridgehead atoms. The van der Waals surface area contributed by atoms with Crippen LogP contribution in [0.1, 0.15) is 32.6 Å². The quantitative estimate of drug-likeness (QED) is 0.337. The van der Waals surface area contributed by atoms with Gasteiger partial charge in [-0.05, 0) is 36.7 Å². The fourth-order valence-electron chi connectivity index (χ4n) is 1.42. The number of alkyl halides is 1. The van der Waals surface area contributed by atoms with E-state index >= 15 is 0 Å². The van der Waals surface area contributed by atoms with Crippen LogP contribution in [-0.2, 0) is 9.53 Å². The number of carbonyl (C=O) groups excluding carboxylic acids is 1. The van der Waals surface area contributed by atoms with Gasteiger partial charge >= 0.3 is 5.97 Å². The lowest BCUT2D eigenvalue weighted by Gasteiger charge is -2.20. The number of hydrogen-bond acceptors (Lipinski definition) is 2. The third-order valence-corrected chi connectivity index (χ3v) is 2.98. The molecule has 1 aliphatic heterocycles. The summed E-state index contributed by atoms with van der Waals surface area (Å²) in [7, 11) is 0. The Labute approximate surface area is 92.9 Å². The summed E-state index contributed by atoms with van der Waals surface area (Å²) < 4.78 is 6.39. The molecule has 0 aromatic carbocycles. The van der Waals surface area contributed by atoms with Crippen LogP contribution in [0, 0.1) is 0 Å². The number of unbranched alkanes of at least 4 members (excludes halogenated alkanes) is 2. The second-order valence-electron chi connectivity index (χ2n) is 3.57. The molecule has 1 rings (SSSR count). The molecule has 0 saturated heterocycles. The third-order valence-electron chi connectivity index (χ3n) is 2.21. The minimum absolute atomic E-state index is 0.198. The summed E-state index contributed by atoms with van der Waals surface area (Å²) in [5, 5.41) is 0. The Morgan fingerprint density at radius 2 is 2.23 bits per heavy atom. The molecule has 1 atom stereocenters. The number of cyclic esters (lactones) is 1. The van der Waals surface area contributed by atoms with Crippen molar-refractivity contribution < 1.29 is 9.53 Å². The molecular formula is C10H15IO2. The number of rotatable bonds is 5. The Kier molecular flexibility index (Phi) is 4.22. The van der Waals surface area contributed by atoms with E-state index in [0.717, 1.165) is 12.8 Å². The van der Waals surface area contributed by atoms with Crippen molar-refractivity contribution >= 4 is 28.6 Å². The lowest BCUT2D eigenvalue weighted by molar-refractivity contribution is -0.144. The normalized spacial score (nSPS) is 26.5. The second kappa shape index (κ2) is 4.98. The monoisotopic (exact) mass is 294 g/mol. The molecule has 0 amide bonds. The van der Waals surface area contributed by atoms with E-state index < -0.39 is 0 Å². The fourth-order valence-corrected chi connectivity index (χ4v) is 1.96. The highest BCUT2D eigenvalue weighted by Crippen LogP contribution is 2.25. The first-order valence-electron chi connectivity index (χ1n) is 4.64. The highest BCUT2D eigenvalue weighted by Gasteiger charge is 2.29. The van der Waals surface area contributed by atoms with E-state index in [1.54, 1.807) is 0 Å². The molecule has 2 nitrogen and oxygen atoms in total. The molecule has 0 radical (unpaired) electrons. The van der Waals surface area contributed by atoms with Crippen LogP contribution in [0.25, 0.3) is 0 Å². The number of halogens is 1. The van der Waals surface area contributed by atoms with Crippen molar-refractivity contribution in [3.05, 3.63) is 12.2 Å². The van der Waals surface area contributed by atoms with Gasteiger partial charge in [0.25, 0.3) is 0 Å². The minimum atomic E-state index is -0.317. The molecule has 1 aliphatic rings. The molecule has 3 heteroatoms. The number of carbonyl (C=O) groups is 1. The van der Waals surface area contributed by atoms with Gasteiger partial charge in [0.1, 0.15) is 5.60 Å². The molecular weight excluding hydrogens is 279 g/mol. The van der Waals surface area contributed by atoms with Gasteiger partial charge in [-0.1, -0.05) is 29.0 Å². The van der Waals surface area contributed by atoms with E-state index in [2.05, 4.69) is 22.6 Å². The van der Waals surface area contributed by atoms with Gasteiger partial charge in [0.05, 0.1) is 0 Å². The topological polar surface area (TPSA) is 26.3 Å². The Hall–Kier alpha value is -0.0600. The zero-order valence-electron chi connectivity index (χ0n) is 7.88. The molecule has 0 spiro atoms. The minimum Gasteiger partial charge on any atom is -0.452 e. The predicted molar refractivity (Wildman–Crippen MR) is 61.0 cm³/mol. The van der Waals surface area contributed by atoms with Crippen LogP contribution in [0.4, 0.5) is 0 Å². The Bertz CT molecular complexity index is 213. The number of ether oxygens (including phenoxy) is 1. The Morgan fingerprint density at radius 1 is 1.46 bits per heavy atom. The fraction of sp³-hybridized carbons (Fsp3) is 0.700. The van der Waals surface area contributed by atoms with Crippen molar-refractivity contribution in [2.24, 2.45) is 0 Å². The van der Waals surface area contributed by atoms with Gasteiger partial charge in [-0.15, -0.1) is 0 Å². The standard InChI is InChI=1S/C10H15IO2/c1-10(6-3-2-4-8-11)7-5-9(12)13-10/h5,7H,2-4,6,8H2,1H3. The summed E-state index contributed by atoms with van der Waals surface area (Å²) in [6.45, 7) is 1.97. The van der Waals surface area contributed by atoms with Gasteiger partial charge in [-0.3, -0.25) is 0 Å². The van der Waals surface area contributed by atoms with Gasteiger partial charge in [-0.25, -0.2) is 4.79 Å². The summed E-state index contributed by atoms with van der Waals surface area (Å²) in [4.78, 5) is 10.8. The van der Waals surface area contributed by atoms with Crippen LogP contribution in [0.15, 0.2) is 12.2 Å². The predicted octanol–water partition coefficient (Wildman–Crippen LogP) is 2.85. The molecule has 0 aliphatic carbocycles. The molecule has 74 valence electrons. The first-order valence-corrected chi connectivity index (χ1v) is 6.17.